The first-order valence-corrected chi connectivity index (χ1v) is 7.03. The Bertz CT molecular complexity index is 702. The molecule has 0 saturated heterocycles. The highest BCUT2D eigenvalue weighted by Crippen LogP contribution is 2.23. The third-order valence-electron chi connectivity index (χ3n) is 2.94. The van der Waals surface area contributed by atoms with E-state index in [-0.39, 0.29) is 17.5 Å². The van der Waals surface area contributed by atoms with Crippen molar-refractivity contribution in [2.75, 3.05) is 10.6 Å². The first kappa shape index (κ1) is 16.8. The Morgan fingerprint density at radius 2 is 1.87 bits per heavy atom. The molecule has 1 aromatic carbocycles. The van der Waals surface area contributed by atoms with E-state index >= 15 is 0 Å². The molecule has 0 atom stereocenters. The predicted molar refractivity (Wildman–Crippen MR) is 81.9 cm³/mol. The van der Waals surface area contributed by atoms with Gasteiger partial charge in [0.25, 0.3) is 0 Å². The summed E-state index contributed by atoms with van der Waals surface area (Å²) in [4.78, 5) is 15.6. The van der Waals surface area contributed by atoms with Gasteiger partial charge >= 0.3 is 0 Å². The van der Waals surface area contributed by atoms with Gasteiger partial charge in [0, 0.05) is 6.42 Å². The summed E-state index contributed by atoms with van der Waals surface area (Å²) in [6, 6.07) is 4.98. The standard InChI is InChI=1S/C16H16F3N3O/c1-9(2)7-14(23)22-13-6-3-10(8-20-13)21-12-5-4-11(17)15(18)16(12)19/h3-6,8-9,21H,7H2,1-2H3,(H,20,22,23). The molecule has 2 rings (SSSR count). The lowest BCUT2D eigenvalue weighted by Crippen LogP contribution is -2.14. The van der Waals surface area contributed by atoms with E-state index in [0.717, 1.165) is 12.1 Å². The summed E-state index contributed by atoms with van der Waals surface area (Å²) in [5, 5.41) is 5.23. The molecule has 23 heavy (non-hydrogen) atoms. The molecule has 0 aliphatic rings. The van der Waals surface area contributed by atoms with Crippen molar-refractivity contribution in [1.29, 1.82) is 0 Å². The van der Waals surface area contributed by atoms with Crippen LogP contribution in [0.5, 0.6) is 0 Å². The number of hydrogen-bond donors (Lipinski definition) is 2. The Morgan fingerprint density at radius 3 is 2.48 bits per heavy atom. The number of nitrogens with zero attached hydrogens (tertiary/aromatic N) is 1. The molecule has 7 heteroatoms. The van der Waals surface area contributed by atoms with Crippen molar-refractivity contribution < 1.29 is 18.0 Å². The molecule has 0 saturated carbocycles. The van der Waals surface area contributed by atoms with Crippen molar-refractivity contribution >= 4 is 23.1 Å². The number of hydrogen-bond acceptors (Lipinski definition) is 3. The van der Waals surface area contributed by atoms with Crippen LogP contribution in [0.15, 0.2) is 30.5 Å². The van der Waals surface area contributed by atoms with E-state index in [4.69, 9.17) is 0 Å². The second-order valence-electron chi connectivity index (χ2n) is 5.43. The van der Waals surface area contributed by atoms with Crippen molar-refractivity contribution in [2.45, 2.75) is 20.3 Å². The van der Waals surface area contributed by atoms with Crippen LogP contribution >= 0.6 is 0 Å². The molecule has 0 aliphatic carbocycles. The highest BCUT2D eigenvalue weighted by Gasteiger charge is 2.13. The molecule has 0 unspecified atom stereocenters. The number of rotatable bonds is 5. The maximum absolute atomic E-state index is 13.6. The quantitative estimate of drug-likeness (QED) is 0.810. The minimum atomic E-state index is -1.54. The second-order valence-corrected chi connectivity index (χ2v) is 5.43. The zero-order valence-electron chi connectivity index (χ0n) is 12.7. The molecule has 122 valence electrons. The molecule has 2 N–H and O–H groups in total. The Labute approximate surface area is 131 Å². The molecule has 0 spiro atoms. The number of amides is 1. The van der Waals surface area contributed by atoms with Crippen molar-refractivity contribution in [3.8, 4) is 0 Å². The molecular weight excluding hydrogens is 307 g/mol. The van der Waals surface area contributed by atoms with Crippen LogP contribution in [0.2, 0.25) is 0 Å². The van der Waals surface area contributed by atoms with Crippen LogP contribution in [-0.4, -0.2) is 10.9 Å². The molecule has 0 bridgehead atoms. The van der Waals surface area contributed by atoms with Gasteiger partial charge in [-0.3, -0.25) is 4.79 Å². The Kier molecular flexibility index (Phi) is 5.20. The molecule has 0 radical (unpaired) electrons. The number of anilines is 3. The van der Waals surface area contributed by atoms with Crippen molar-refractivity contribution in [1.82, 2.24) is 4.98 Å². The van der Waals surface area contributed by atoms with Gasteiger partial charge in [0.2, 0.25) is 5.91 Å². The van der Waals surface area contributed by atoms with Crippen molar-refractivity contribution in [3.05, 3.63) is 47.9 Å². The molecular formula is C16H16F3N3O. The molecule has 1 heterocycles. The topological polar surface area (TPSA) is 54.0 Å². The summed E-state index contributed by atoms with van der Waals surface area (Å²) in [5.74, 6) is -3.67. The van der Waals surface area contributed by atoms with E-state index in [1.54, 1.807) is 6.07 Å². The maximum Gasteiger partial charge on any atom is 0.225 e. The predicted octanol–water partition coefficient (Wildman–Crippen LogP) is 4.23. The summed E-state index contributed by atoms with van der Waals surface area (Å²) in [7, 11) is 0. The smallest absolute Gasteiger partial charge is 0.225 e. The van der Waals surface area contributed by atoms with Crippen molar-refractivity contribution in [2.24, 2.45) is 5.92 Å². The van der Waals surface area contributed by atoms with E-state index in [1.807, 2.05) is 13.8 Å². The molecule has 0 aliphatic heterocycles. The number of carbonyl (C=O) groups is 1. The van der Waals surface area contributed by atoms with Crippen LogP contribution in [-0.2, 0) is 4.79 Å². The molecule has 1 aromatic heterocycles. The Balaban J connectivity index is 2.06. The van der Waals surface area contributed by atoms with Crippen LogP contribution in [0.25, 0.3) is 0 Å². The average molecular weight is 323 g/mol. The number of benzene rings is 1. The van der Waals surface area contributed by atoms with Gasteiger partial charge in [-0.2, -0.15) is 0 Å². The SMILES string of the molecule is CC(C)CC(=O)Nc1ccc(Nc2ccc(F)c(F)c2F)cn1. The van der Waals surface area contributed by atoms with Gasteiger partial charge in [-0.15, -0.1) is 0 Å². The van der Waals surface area contributed by atoms with Crippen LogP contribution in [0.3, 0.4) is 0 Å². The monoisotopic (exact) mass is 323 g/mol. The lowest BCUT2D eigenvalue weighted by atomic mass is 10.1. The maximum atomic E-state index is 13.6. The van der Waals surface area contributed by atoms with Gasteiger partial charge < -0.3 is 10.6 Å². The van der Waals surface area contributed by atoms with Crippen molar-refractivity contribution in [3.63, 3.8) is 0 Å². The zero-order valence-corrected chi connectivity index (χ0v) is 12.7. The lowest BCUT2D eigenvalue weighted by Gasteiger charge is -2.10. The van der Waals surface area contributed by atoms with Crippen LogP contribution < -0.4 is 10.6 Å². The number of aromatic nitrogens is 1. The number of carbonyl (C=O) groups excluding carboxylic acids is 1. The van der Waals surface area contributed by atoms with Crippen LogP contribution in [0.1, 0.15) is 20.3 Å². The number of pyridine rings is 1. The second kappa shape index (κ2) is 7.13. The van der Waals surface area contributed by atoms with Gasteiger partial charge in [-0.1, -0.05) is 13.8 Å². The zero-order chi connectivity index (χ0) is 17.0. The minimum Gasteiger partial charge on any atom is -0.352 e. The normalized spacial score (nSPS) is 10.7. The van der Waals surface area contributed by atoms with Crippen LogP contribution in [0.4, 0.5) is 30.4 Å². The van der Waals surface area contributed by atoms with Gasteiger partial charge in [0.15, 0.2) is 17.5 Å². The third kappa shape index (κ3) is 4.45. The number of halogens is 3. The lowest BCUT2D eigenvalue weighted by molar-refractivity contribution is -0.116. The van der Waals surface area contributed by atoms with Gasteiger partial charge in [-0.25, -0.2) is 18.2 Å². The van der Waals surface area contributed by atoms with Crippen LogP contribution in [0, 0.1) is 23.4 Å². The molecule has 4 nitrogen and oxygen atoms in total. The summed E-state index contributed by atoms with van der Waals surface area (Å²) >= 11 is 0. The minimum absolute atomic E-state index is 0.153. The van der Waals surface area contributed by atoms with E-state index in [9.17, 15) is 18.0 Å². The van der Waals surface area contributed by atoms with E-state index in [2.05, 4.69) is 15.6 Å². The highest BCUT2D eigenvalue weighted by molar-refractivity contribution is 5.89. The Hall–Kier alpha value is -2.57. The Morgan fingerprint density at radius 1 is 1.13 bits per heavy atom. The van der Waals surface area contributed by atoms with Gasteiger partial charge in [-0.05, 0) is 30.2 Å². The molecule has 2 aromatic rings. The summed E-state index contributed by atoms with van der Waals surface area (Å²) in [5.41, 5.74) is 0.166. The summed E-state index contributed by atoms with van der Waals surface area (Å²) in [6.07, 6.45) is 1.73. The summed E-state index contributed by atoms with van der Waals surface area (Å²) < 4.78 is 39.6. The van der Waals surface area contributed by atoms with E-state index in [0.29, 0.717) is 17.9 Å². The largest absolute Gasteiger partial charge is 0.352 e. The first-order valence-electron chi connectivity index (χ1n) is 7.03. The fraction of sp³-hybridized carbons (Fsp3) is 0.250. The van der Waals surface area contributed by atoms with E-state index < -0.39 is 17.5 Å². The third-order valence-corrected chi connectivity index (χ3v) is 2.94. The number of nitrogens with one attached hydrogen (secondary N) is 2. The molecule has 0 fully saturated rings. The van der Waals surface area contributed by atoms with E-state index in [1.165, 1.54) is 12.3 Å². The average Bonchev–Trinajstić information content (AvgIpc) is 2.49. The summed E-state index contributed by atoms with van der Waals surface area (Å²) in [6.45, 7) is 3.85. The fourth-order valence-corrected chi connectivity index (χ4v) is 1.88. The fourth-order valence-electron chi connectivity index (χ4n) is 1.88. The first-order chi connectivity index (χ1) is 10.9. The molecule has 1 amide bonds. The van der Waals surface area contributed by atoms with Gasteiger partial charge in [0.05, 0.1) is 17.6 Å². The highest BCUT2D eigenvalue weighted by atomic mass is 19.2. The van der Waals surface area contributed by atoms with Gasteiger partial charge in [0.1, 0.15) is 5.82 Å².